The first-order valence-electron chi connectivity index (χ1n) is 3.26. The highest BCUT2D eigenvalue weighted by molar-refractivity contribution is 5.72. The molecule has 4 heteroatoms. The molecule has 0 aliphatic carbocycles. The molecule has 2 saturated heterocycles. The van der Waals surface area contributed by atoms with Crippen LogP contribution in [-0.4, -0.2) is 36.0 Å². The highest BCUT2D eigenvalue weighted by Gasteiger charge is 2.45. The van der Waals surface area contributed by atoms with Crippen molar-refractivity contribution in [2.75, 3.05) is 6.61 Å². The maximum Gasteiger partial charge on any atom is 0.309 e. The summed E-state index contributed by atoms with van der Waals surface area (Å²) in [6.07, 6.45) is -0.973. The Labute approximate surface area is 57.7 Å². The second-order valence-electron chi connectivity index (χ2n) is 2.60. The van der Waals surface area contributed by atoms with Crippen molar-refractivity contribution in [3.63, 3.8) is 0 Å². The van der Waals surface area contributed by atoms with E-state index in [1.165, 1.54) is 0 Å². The number of ether oxygens (including phenoxy) is 2. The smallest absolute Gasteiger partial charge is 0.309 e. The largest absolute Gasteiger partial charge is 0.457 e. The molecule has 1 N–H and O–H groups in total. The molecule has 0 saturated carbocycles. The maximum absolute atomic E-state index is 10.6. The van der Waals surface area contributed by atoms with Gasteiger partial charge in [0.05, 0.1) is 13.0 Å². The maximum atomic E-state index is 10.6. The van der Waals surface area contributed by atoms with E-state index in [9.17, 15) is 4.79 Å². The van der Waals surface area contributed by atoms with Crippen LogP contribution < -0.4 is 0 Å². The van der Waals surface area contributed by atoms with Gasteiger partial charge in [-0.15, -0.1) is 0 Å². The first-order chi connectivity index (χ1) is 4.77. The van der Waals surface area contributed by atoms with Crippen LogP contribution in [0.25, 0.3) is 0 Å². The standard InChI is InChI=1S/C6H8O4/c7-3-1-5(8)10-6(3)4-2-9-4/h3-4,6-7H,1-2H2/t3-,4-,6+/m1/s1. The summed E-state index contributed by atoms with van der Waals surface area (Å²) in [6.45, 7) is 0.606. The average molecular weight is 144 g/mol. The fourth-order valence-electron chi connectivity index (χ4n) is 1.13. The molecule has 10 heavy (non-hydrogen) atoms. The summed E-state index contributed by atoms with van der Waals surface area (Å²) in [4.78, 5) is 10.6. The van der Waals surface area contributed by atoms with Crippen molar-refractivity contribution in [1.82, 2.24) is 0 Å². The fraction of sp³-hybridized carbons (Fsp3) is 0.833. The summed E-state index contributed by atoms with van der Waals surface area (Å²) in [5, 5.41) is 9.14. The number of aliphatic hydroxyl groups is 1. The van der Waals surface area contributed by atoms with E-state index in [4.69, 9.17) is 14.6 Å². The van der Waals surface area contributed by atoms with Gasteiger partial charge in [-0.2, -0.15) is 0 Å². The molecule has 0 aromatic heterocycles. The van der Waals surface area contributed by atoms with Gasteiger partial charge in [0.1, 0.15) is 12.2 Å². The summed E-state index contributed by atoms with van der Waals surface area (Å²) >= 11 is 0. The average Bonchev–Trinajstić information content (AvgIpc) is 2.61. The highest BCUT2D eigenvalue weighted by Crippen LogP contribution is 2.26. The molecule has 4 nitrogen and oxygen atoms in total. The Kier molecular flexibility index (Phi) is 1.18. The molecule has 2 heterocycles. The van der Waals surface area contributed by atoms with Crippen LogP contribution in [-0.2, 0) is 14.3 Å². The quantitative estimate of drug-likeness (QED) is 0.381. The molecular weight excluding hydrogens is 136 g/mol. The summed E-state index contributed by atoms with van der Waals surface area (Å²) < 4.78 is 9.66. The van der Waals surface area contributed by atoms with Crippen LogP contribution in [0.5, 0.6) is 0 Å². The topological polar surface area (TPSA) is 59.1 Å². The molecule has 0 radical (unpaired) electrons. The van der Waals surface area contributed by atoms with Crippen LogP contribution in [0.4, 0.5) is 0 Å². The summed E-state index contributed by atoms with van der Waals surface area (Å²) in [7, 11) is 0. The zero-order valence-electron chi connectivity index (χ0n) is 5.32. The zero-order valence-corrected chi connectivity index (χ0v) is 5.32. The highest BCUT2D eigenvalue weighted by atomic mass is 16.6. The van der Waals surface area contributed by atoms with Crippen molar-refractivity contribution in [3.8, 4) is 0 Å². The lowest BCUT2D eigenvalue weighted by molar-refractivity contribution is -0.142. The van der Waals surface area contributed by atoms with Crippen LogP contribution in [0, 0.1) is 0 Å². The van der Waals surface area contributed by atoms with Gasteiger partial charge in [-0.25, -0.2) is 0 Å². The van der Waals surface area contributed by atoms with Crippen LogP contribution in [0.2, 0.25) is 0 Å². The van der Waals surface area contributed by atoms with E-state index in [1.54, 1.807) is 0 Å². The van der Waals surface area contributed by atoms with E-state index in [0.29, 0.717) is 6.61 Å². The normalized spacial score (nSPS) is 45.3. The molecule has 0 unspecified atom stereocenters. The number of hydrogen-bond donors (Lipinski definition) is 1. The number of epoxide rings is 1. The lowest BCUT2D eigenvalue weighted by atomic mass is 10.1. The first-order valence-corrected chi connectivity index (χ1v) is 3.26. The Morgan fingerprint density at radius 3 is 2.70 bits per heavy atom. The Morgan fingerprint density at radius 1 is 1.60 bits per heavy atom. The lowest BCUT2D eigenvalue weighted by Crippen LogP contribution is -2.26. The van der Waals surface area contributed by atoms with Gasteiger partial charge in [0, 0.05) is 0 Å². The summed E-state index contributed by atoms with van der Waals surface area (Å²) in [6, 6.07) is 0. The number of aliphatic hydroxyl groups excluding tert-OH is 1. The SMILES string of the molecule is O=C1C[C@@H](O)[C@@H]([C@H]2CO2)O1. The predicted molar refractivity (Wildman–Crippen MR) is 30.2 cm³/mol. The van der Waals surface area contributed by atoms with Crippen LogP contribution in [0.1, 0.15) is 6.42 Å². The molecule has 56 valence electrons. The van der Waals surface area contributed by atoms with Crippen molar-refractivity contribution in [1.29, 1.82) is 0 Å². The van der Waals surface area contributed by atoms with Crippen molar-refractivity contribution < 1.29 is 19.4 Å². The predicted octanol–water partition coefficient (Wildman–Crippen LogP) is -0.938. The van der Waals surface area contributed by atoms with Crippen molar-refractivity contribution in [3.05, 3.63) is 0 Å². The molecule has 0 aromatic rings. The third kappa shape index (κ3) is 0.892. The van der Waals surface area contributed by atoms with Crippen molar-refractivity contribution in [2.45, 2.75) is 24.7 Å². The number of cyclic esters (lactones) is 1. The lowest BCUT2D eigenvalue weighted by Gasteiger charge is -2.07. The minimum atomic E-state index is -0.653. The number of rotatable bonds is 1. The van der Waals surface area contributed by atoms with Crippen LogP contribution in [0.3, 0.4) is 0 Å². The second-order valence-corrected chi connectivity index (χ2v) is 2.60. The van der Waals surface area contributed by atoms with Crippen molar-refractivity contribution >= 4 is 5.97 Å². The van der Waals surface area contributed by atoms with Gasteiger partial charge < -0.3 is 14.6 Å². The van der Waals surface area contributed by atoms with Crippen LogP contribution >= 0.6 is 0 Å². The molecule has 2 aliphatic heterocycles. The van der Waals surface area contributed by atoms with Gasteiger partial charge >= 0.3 is 5.97 Å². The Balaban J connectivity index is 2.01. The summed E-state index contributed by atoms with van der Waals surface area (Å²) in [5.41, 5.74) is 0. The number of carbonyl (C=O) groups is 1. The van der Waals surface area contributed by atoms with Gasteiger partial charge in [-0.05, 0) is 0 Å². The van der Waals surface area contributed by atoms with E-state index >= 15 is 0 Å². The van der Waals surface area contributed by atoms with Gasteiger partial charge in [0.2, 0.25) is 0 Å². The van der Waals surface area contributed by atoms with E-state index in [2.05, 4.69) is 0 Å². The molecular formula is C6H8O4. The Morgan fingerprint density at radius 2 is 2.30 bits per heavy atom. The molecule has 0 spiro atoms. The van der Waals surface area contributed by atoms with E-state index < -0.39 is 12.2 Å². The third-order valence-corrected chi connectivity index (χ3v) is 1.75. The summed E-state index contributed by atoms with van der Waals surface area (Å²) in [5.74, 6) is -0.326. The first kappa shape index (κ1) is 6.12. The van der Waals surface area contributed by atoms with E-state index in [-0.39, 0.29) is 18.5 Å². The number of esters is 1. The molecule has 2 aliphatic rings. The Hall–Kier alpha value is -0.610. The zero-order chi connectivity index (χ0) is 7.14. The third-order valence-electron chi connectivity index (χ3n) is 1.75. The minimum Gasteiger partial charge on any atom is -0.457 e. The van der Waals surface area contributed by atoms with Gasteiger partial charge in [-0.1, -0.05) is 0 Å². The number of carbonyl (C=O) groups excluding carboxylic acids is 1. The van der Waals surface area contributed by atoms with E-state index in [1.807, 2.05) is 0 Å². The molecule has 0 amide bonds. The second kappa shape index (κ2) is 1.93. The fourth-order valence-corrected chi connectivity index (χ4v) is 1.13. The molecule has 0 bridgehead atoms. The minimum absolute atomic E-state index is 0.0403. The van der Waals surface area contributed by atoms with Gasteiger partial charge in [0.25, 0.3) is 0 Å². The molecule has 0 aromatic carbocycles. The molecule has 2 fully saturated rings. The van der Waals surface area contributed by atoms with Crippen molar-refractivity contribution in [2.24, 2.45) is 0 Å². The number of hydrogen-bond acceptors (Lipinski definition) is 4. The van der Waals surface area contributed by atoms with E-state index in [0.717, 1.165) is 0 Å². The molecule has 3 atom stereocenters. The monoisotopic (exact) mass is 144 g/mol. The van der Waals surface area contributed by atoms with Crippen LogP contribution in [0.15, 0.2) is 0 Å². The molecule has 2 rings (SSSR count). The van der Waals surface area contributed by atoms with Gasteiger partial charge in [0.15, 0.2) is 6.10 Å². The Bertz CT molecular complexity index is 163. The van der Waals surface area contributed by atoms with Gasteiger partial charge in [-0.3, -0.25) is 4.79 Å².